The highest BCUT2D eigenvalue weighted by Crippen LogP contribution is 2.49. The number of nitrogens with two attached hydrogens (primary N) is 1. The molecule has 128 valence electrons. The highest BCUT2D eigenvalue weighted by atomic mass is 16.5. The number of H-pyrrole nitrogens is 1. The Morgan fingerprint density at radius 1 is 1.32 bits per heavy atom. The SMILES string of the molecule is CC1(C)CC(=O)C2=C(C1)O[C@H](N)[C@@H](C#N)[C@@H]2c1c[nH]c2ccccc12. The number of ether oxygens (including phenoxy) is 1. The number of allylic oxidation sites excluding steroid dienone is 2. The summed E-state index contributed by atoms with van der Waals surface area (Å²) >= 11 is 0. The van der Waals surface area contributed by atoms with Crippen LogP contribution in [0, 0.1) is 22.7 Å². The first-order valence-corrected chi connectivity index (χ1v) is 8.55. The quantitative estimate of drug-likeness (QED) is 0.836. The van der Waals surface area contributed by atoms with Crippen LogP contribution in [-0.4, -0.2) is 17.0 Å². The van der Waals surface area contributed by atoms with Gasteiger partial charge in [-0.25, -0.2) is 0 Å². The number of rotatable bonds is 1. The van der Waals surface area contributed by atoms with E-state index < -0.39 is 12.1 Å². The van der Waals surface area contributed by atoms with Gasteiger partial charge in [-0.2, -0.15) is 5.26 Å². The topological polar surface area (TPSA) is 91.9 Å². The second kappa shape index (κ2) is 5.47. The lowest BCUT2D eigenvalue weighted by Crippen LogP contribution is -2.44. The minimum absolute atomic E-state index is 0.0636. The van der Waals surface area contributed by atoms with Crippen molar-refractivity contribution in [2.45, 2.75) is 38.8 Å². The van der Waals surface area contributed by atoms with E-state index in [1.807, 2.05) is 30.5 Å². The van der Waals surface area contributed by atoms with E-state index in [1.165, 1.54) is 0 Å². The van der Waals surface area contributed by atoms with Gasteiger partial charge in [-0.15, -0.1) is 0 Å². The van der Waals surface area contributed by atoms with Crippen molar-refractivity contribution in [3.63, 3.8) is 0 Å². The van der Waals surface area contributed by atoms with Crippen LogP contribution in [0.2, 0.25) is 0 Å². The van der Waals surface area contributed by atoms with Crippen molar-refractivity contribution in [3.05, 3.63) is 47.4 Å². The van der Waals surface area contributed by atoms with Crippen LogP contribution in [0.15, 0.2) is 41.8 Å². The number of carbonyl (C=O) groups excluding carboxylic acids is 1. The number of hydrogen-bond acceptors (Lipinski definition) is 4. The molecule has 0 bridgehead atoms. The van der Waals surface area contributed by atoms with E-state index in [2.05, 4.69) is 24.9 Å². The predicted octanol–water partition coefficient (Wildman–Crippen LogP) is 3.35. The second-order valence-electron chi connectivity index (χ2n) is 7.78. The number of nitrogens with one attached hydrogen (secondary N) is 1. The normalized spacial score (nSPS) is 28.4. The molecule has 5 nitrogen and oxygen atoms in total. The number of para-hydroxylation sites is 1. The van der Waals surface area contributed by atoms with E-state index in [-0.39, 0.29) is 17.1 Å². The van der Waals surface area contributed by atoms with E-state index in [0.717, 1.165) is 16.5 Å². The summed E-state index contributed by atoms with van der Waals surface area (Å²) in [5.74, 6) is -0.226. The number of nitrogens with zero attached hydrogens (tertiary/aromatic N) is 1. The Bertz CT molecular complexity index is 932. The Morgan fingerprint density at radius 3 is 2.84 bits per heavy atom. The third kappa shape index (κ3) is 2.45. The minimum Gasteiger partial charge on any atom is -0.478 e. The van der Waals surface area contributed by atoms with E-state index in [9.17, 15) is 10.1 Å². The molecule has 0 saturated carbocycles. The maximum atomic E-state index is 13.0. The Morgan fingerprint density at radius 2 is 2.08 bits per heavy atom. The Balaban J connectivity index is 1.93. The molecular weight excluding hydrogens is 314 g/mol. The summed E-state index contributed by atoms with van der Waals surface area (Å²) in [6.45, 7) is 4.11. The zero-order chi connectivity index (χ0) is 17.8. The summed E-state index contributed by atoms with van der Waals surface area (Å²) in [5.41, 5.74) is 8.59. The van der Waals surface area contributed by atoms with Gasteiger partial charge in [0.2, 0.25) is 0 Å². The molecule has 0 unspecified atom stereocenters. The van der Waals surface area contributed by atoms with E-state index in [4.69, 9.17) is 10.5 Å². The van der Waals surface area contributed by atoms with Gasteiger partial charge in [-0.1, -0.05) is 32.0 Å². The molecule has 0 radical (unpaired) electrons. The van der Waals surface area contributed by atoms with Crippen molar-refractivity contribution >= 4 is 16.7 Å². The molecule has 3 N–H and O–H groups in total. The zero-order valence-corrected chi connectivity index (χ0v) is 14.4. The van der Waals surface area contributed by atoms with Gasteiger partial charge in [0.25, 0.3) is 0 Å². The molecule has 1 aliphatic carbocycles. The van der Waals surface area contributed by atoms with E-state index in [0.29, 0.717) is 24.2 Å². The molecule has 1 aromatic carbocycles. The van der Waals surface area contributed by atoms with Crippen LogP contribution in [0.3, 0.4) is 0 Å². The van der Waals surface area contributed by atoms with Crippen LogP contribution >= 0.6 is 0 Å². The summed E-state index contributed by atoms with van der Waals surface area (Å²) in [5, 5.41) is 10.7. The monoisotopic (exact) mass is 335 g/mol. The second-order valence-corrected chi connectivity index (χ2v) is 7.78. The van der Waals surface area contributed by atoms with Crippen molar-refractivity contribution < 1.29 is 9.53 Å². The summed E-state index contributed by atoms with van der Waals surface area (Å²) in [6, 6.07) is 10.2. The average molecular weight is 335 g/mol. The highest BCUT2D eigenvalue weighted by Gasteiger charge is 2.47. The van der Waals surface area contributed by atoms with Crippen molar-refractivity contribution in [1.82, 2.24) is 4.98 Å². The first-order chi connectivity index (χ1) is 11.9. The summed E-state index contributed by atoms with van der Waals surface area (Å²) in [7, 11) is 0. The Hall–Kier alpha value is -2.58. The highest BCUT2D eigenvalue weighted by molar-refractivity contribution is 6.00. The molecule has 2 heterocycles. The molecule has 25 heavy (non-hydrogen) atoms. The Labute approximate surface area is 146 Å². The van der Waals surface area contributed by atoms with Gasteiger partial charge < -0.3 is 9.72 Å². The van der Waals surface area contributed by atoms with E-state index >= 15 is 0 Å². The smallest absolute Gasteiger partial charge is 0.164 e. The lowest BCUT2D eigenvalue weighted by atomic mass is 9.68. The van der Waals surface area contributed by atoms with Crippen LogP contribution in [0.1, 0.15) is 38.2 Å². The van der Waals surface area contributed by atoms with Gasteiger partial charge in [-0.05, 0) is 17.0 Å². The average Bonchev–Trinajstić information content (AvgIpc) is 2.96. The van der Waals surface area contributed by atoms with Crippen LogP contribution in [0.25, 0.3) is 10.9 Å². The fraction of sp³-hybridized carbons (Fsp3) is 0.400. The third-order valence-electron chi connectivity index (χ3n) is 5.29. The van der Waals surface area contributed by atoms with Crippen molar-refractivity contribution in [1.29, 1.82) is 5.26 Å². The largest absolute Gasteiger partial charge is 0.478 e. The lowest BCUT2D eigenvalue weighted by molar-refractivity contribution is -0.120. The van der Waals surface area contributed by atoms with Crippen LogP contribution in [0.4, 0.5) is 0 Å². The molecule has 0 fully saturated rings. The predicted molar refractivity (Wildman–Crippen MR) is 94.3 cm³/mol. The first kappa shape index (κ1) is 15.9. The maximum Gasteiger partial charge on any atom is 0.164 e. The number of Topliss-reactive ketones (excluding diaryl/α,β-unsaturated/α-hetero) is 1. The first-order valence-electron chi connectivity index (χ1n) is 8.55. The molecule has 1 aromatic heterocycles. The summed E-state index contributed by atoms with van der Waals surface area (Å²) in [6.07, 6.45) is 2.29. The van der Waals surface area contributed by atoms with Gasteiger partial charge in [-0.3, -0.25) is 10.5 Å². The standard InChI is InChI=1S/C20H21N3O2/c1-20(2)7-15(24)18-16(8-20)25-19(22)12(9-21)17(18)13-10-23-14-6-4-3-5-11(13)14/h3-6,10,12,17,19,23H,7-8,22H2,1-2H3/t12-,17+,19-/m0/s1. The molecule has 5 heteroatoms. The number of aromatic nitrogens is 1. The maximum absolute atomic E-state index is 13.0. The lowest BCUT2D eigenvalue weighted by Gasteiger charge is -2.41. The molecule has 0 spiro atoms. The van der Waals surface area contributed by atoms with Crippen LogP contribution in [-0.2, 0) is 9.53 Å². The number of aromatic amines is 1. The van der Waals surface area contributed by atoms with Gasteiger partial charge in [0.05, 0.1) is 6.07 Å². The van der Waals surface area contributed by atoms with E-state index in [1.54, 1.807) is 0 Å². The van der Waals surface area contributed by atoms with Crippen molar-refractivity contribution in [3.8, 4) is 6.07 Å². The zero-order valence-electron chi connectivity index (χ0n) is 14.4. The van der Waals surface area contributed by atoms with Gasteiger partial charge in [0.1, 0.15) is 11.7 Å². The molecule has 0 saturated heterocycles. The number of nitriles is 1. The number of fused-ring (bicyclic) bond motifs is 1. The molecule has 2 aromatic rings. The minimum atomic E-state index is -0.732. The Kier molecular flexibility index (Phi) is 3.48. The van der Waals surface area contributed by atoms with Gasteiger partial charge in [0.15, 0.2) is 12.0 Å². The van der Waals surface area contributed by atoms with Crippen LogP contribution < -0.4 is 5.73 Å². The fourth-order valence-corrected chi connectivity index (χ4v) is 4.18. The van der Waals surface area contributed by atoms with Crippen molar-refractivity contribution in [2.24, 2.45) is 17.1 Å². The molecule has 0 amide bonds. The molecule has 2 aliphatic rings. The summed E-state index contributed by atoms with van der Waals surface area (Å²) in [4.78, 5) is 16.2. The molecule has 4 rings (SSSR count). The summed E-state index contributed by atoms with van der Waals surface area (Å²) < 4.78 is 5.84. The third-order valence-corrected chi connectivity index (χ3v) is 5.29. The fourth-order valence-electron chi connectivity index (χ4n) is 4.18. The number of hydrogen-bond donors (Lipinski definition) is 2. The molecular formula is C20H21N3O2. The molecule has 3 atom stereocenters. The van der Waals surface area contributed by atoms with Gasteiger partial charge >= 0.3 is 0 Å². The van der Waals surface area contributed by atoms with Crippen LogP contribution in [0.5, 0.6) is 0 Å². The van der Waals surface area contributed by atoms with Crippen molar-refractivity contribution in [2.75, 3.05) is 0 Å². The number of carbonyl (C=O) groups is 1. The van der Waals surface area contributed by atoms with Gasteiger partial charge in [0, 0.05) is 41.4 Å². The molecule has 1 aliphatic heterocycles. The number of ketones is 1. The number of benzene rings is 1.